The largest absolute Gasteiger partial charge is 0.299 e. The molecule has 0 aromatic heterocycles. The summed E-state index contributed by atoms with van der Waals surface area (Å²) in [5.74, 6) is 0.312. The average molecular weight is 140 g/mol. The predicted octanol–water partition coefficient (Wildman–Crippen LogP) is 2.57. The van der Waals surface area contributed by atoms with Crippen LogP contribution in [-0.2, 0) is 4.79 Å². The molecule has 0 unspecified atom stereocenters. The molecule has 10 heavy (non-hydrogen) atoms. The summed E-state index contributed by atoms with van der Waals surface area (Å²) >= 11 is 0. The van der Waals surface area contributed by atoms with Crippen LogP contribution in [0.1, 0.15) is 33.6 Å². The quantitative estimate of drug-likeness (QED) is 0.551. The molecule has 0 radical (unpaired) electrons. The second-order valence-electron chi connectivity index (χ2n) is 3.50. The van der Waals surface area contributed by atoms with Crippen LogP contribution in [0.15, 0.2) is 12.7 Å². The molecular formula is C9H16O. The molecule has 0 aliphatic rings. The number of carbonyl (C=O) groups excluding carboxylic acids is 1. The van der Waals surface area contributed by atoms with Crippen LogP contribution in [0, 0.1) is 5.41 Å². The van der Waals surface area contributed by atoms with Gasteiger partial charge in [0.1, 0.15) is 5.78 Å². The molecule has 0 aliphatic carbocycles. The third kappa shape index (κ3) is 3.44. The minimum atomic E-state index is -0.178. The van der Waals surface area contributed by atoms with Gasteiger partial charge in [-0.3, -0.25) is 4.79 Å². The van der Waals surface area contributed by atoms with E-state index in [-0.39, 0.29) is 5.41 Å². The molecule has 0 bridgehead atoms. The van der Waals surface area contributed by atoms with E-state index in [2.05, 4.69) is 6.58 Å². The Hall–Kier alpha value is -0.590. The molecule has 58 valence electrons. The number of rotatable bonds is 3. The second kappa shape index (κ2) is 3.55. The van der Waals surface area contributed by atoms with Crippen LogP contribution in [0.4, 0.5) is 0 Å². The summed E-state index contributed by atoms with van der Waals surface area (Å²) in [5, 5.41) is 0. The SMILES string of the molecule is C=CCCC(=O)C(C)(C)C. The lowest BCUT2D eigenvalue weighted by atomic mass is 9.88. The second-order valence-corrected chi connectivity index (χ2v) is 3.50. The van der Waals surface area contributed by atoms with Gasteiger partial charge in [-0.1, -0.05) is 26.8 Å². The fourth-order valence-electron chi connectivity index (χ4n) is 0.608. The van der Waals surface area contributed by atoms with Crippen molar-refractivity contribution >= 4 is 5.78 Å². The third-order valence-corrected chi connectivity index (χ3v) is 1.41. The normalized spacial score (nSPS) is 11.1. The minimum Gasteiger partial charge on any atom is -0.299 e. The fraction of sp³-hybridized carbons (Fsp3) is 0.667. The van der Waals surface area contributed by atoms with E-state index in [1.54, 1.807) is 6.08 Å². The first-order valence-corrected chi connectivity index (χ1v) is 3.62. The van der Waals surface area contributed by atoms with E-state index in [0.717, 1.165) is 6.42 Å². The Balaban J connectivity index is 3.74. The molecule has 0 aliphatic heterocycles. The molecule has 0 fully saturated rings. The first kappa shape index (κ1) is 9.41. The Kier molecular flexibility index (Phi) is 3.34. The van der Waals surface area contributed by atoms with Gasteiger partial charge in [-0.05, 0) is 6.42 Å². The van der Waals surface area contributed by atoms with Crippen molar-refractivity contribution in [2.24, 2.45) is 5.41 Å². The van der Waals surface area contributed by atoms with Gasteiger partial charge in [0.05, 0.1) is 0 Å². The van der Waals surface area contributed by atoms with Crippen molar-refractivity contribution in [3.05, 3.63) is 12.7 Å². The highest BCUT2D eigenvalue weighted by Gasteiger charge is 2.19. The molecular weight excluding hydrogens is 124 g/mol. The van der Waals surface area contributed by atoms with Gasteiger partial charge in [-0.25, -0.2) is 0 Å². The average Bonchev–Trinajstić information content (AvgIpc) is 1.80. The zero-order chi connectivity index (χ0) is 8.20. The molecule has 0 spiro atoms. The van der Waals surface area contributed by atoms with Gasteiger partial charge in [-0.2, -0.15) is 0 Å². The Morgan fingerprint density at radius 2 is 2.00 bits per heavy atom. The molecule has 0 aromatic rings. The van der Waals surface area contributed by atoms with Gasteiger partial charge in [-0.15, -0.1) is 6.58 Å². The van der Waals surface area contributed by atoms with Crippen molar-refractivity contribution in [3.8, 4) is 0 Å². The van der Waals surface area contributed by atoms with E-state index >= 15 is 0 Å². The summed E-state index contributed by atoms with van der Waals surface area (Å²) in [4.78, 5) is 11.2. The zero-order valence-corrected chi connectivity index (χ0v) is 7.11. The number of hydrogen-bond donors (Lipinski definition) is 0. The van der Waals surface area contributed by atoms with Crippen molar-refractivity contribution in [3.63, 3.8) is 0 Å². The highest BCUT2D eigenvalue weighted by Crippen LogP contribution is 2.17. The van der Waals surface area contributed by atoms with Crippen molar-refractivity contribution in [1.29, 1.82) is 0 Å². The molecule has 1 nitrogen and oxygen atoms in total. The highest BCUT2D eigenvalue weighted by atomic mass is 16.1. The molecule has 0 rings (SSSR count). The summed E-state index contributed by atoms with van der Waals surface area (Å²) in [7, 11) is 0. The summed E-state index contributed by atoms with van der Waals surface area (Å²) in [5.41, 5.74) is -0.178. The Morgan fingerprint density at radius 3 is 2.30 bits per heavy atom. The van der Waals surface area contributed by atoms with Crippen molar-refractivity contribution in [2.75, 3.05) is 0 Å². The summed E-state index contributed by atoms with van der Waals surface area (Å²) in [6.07, 6.45) is 3.22. The monoisotopic (exact) mass is 140 g/mol. The minimum absolute atomic E-state index is 0.178. The lowest BCUT2D eigenvalue weighted by molar-refractivity contribution is -0.126. The number of Topliss-reactive ketones (excluding diaryl/α,β-unsaturated/α-hetero) is 1. The van der Waals surface area contributed by atoms with Crippen LogP contribution >= 0.6 is 0 Å². The van der Waals surface area contributed by atoms with Crippen molar-refractivity contribution < 1.29 is 4.79 Å². The van der Waals surface area contributed by atoms with Gasteiger partial charge in [0, 0.05) is 11.8 Å². The van der Waals surface area contributed by atoms with E-state index in [9.17, 15) is 4.79 Å². The molecule has 1 heteroatoms. The maximum Gasteiger partial charge on any atom is 0.138 e. The Morgan fingerprint density at radius 1 is 1.50 bits per heavy atom. The molecule has 0 aromatic carbocycles. The van der Waals surface area contributed by atoms with Crippen molar-refractivity contribution in [2.45, 2.75) is 33.6 Å². The van der Waals surface area contributed by atoms with E-state index < -0.39 is 0 Å². The molecule has 0 saturated carbocycles. The number of carbonyl (C=O) groups is 1. The maximum atomic E-state index is 11.2. The predicted molar refractivity (Wildman–Crippen MR) is 43.9 cm³/mol. The Bertz CT molecular complexity index is 128. The summed E-state index contributed by atoms with van der Waals surface area (Å²) in [6.45, 7) is 9.39. The van der Waals surface area contributed by atoms with Crippen LogP contribution in [0.5, 0.6) is 0 Å². The summed E-state index contributed by atoms with van der Waals surface area (Å²) in [6, 6.07) is 0. The zero-order valence-electron chi connectivity index (χ0n) is 7.11. The van der Waals surface area contributed by atoms with E-state index in [1.807, 2.05) is 20.8 Å². The molecule has 0 saturated heterocycles. The van der Waals surface area contributed by atoms with Gasteiger partial charge in [0.15, 0.2) is 0 Å². The van der Waals surface area contributed by atoms with Gasteiger partial charge in [0.2, 0.25) is 0 Å². The molecule has 0 N–H and O–H groups in total. The van der Waals surface area contributed by atoms with Gasteiger partial charge in [0.25, 0.3) is 0 Å². The lowest BCUT2D eigenvalue weighted by Crippen LogP contribution is -2.19. The maximum absolute atomic E-state index is 11.2. The standard InChI is InChI=1S/C9H16O/c1-5-6-7-8(10)9(2,3)4/h5H,1,6-7H2,2-4H3. The number of hydrogen-bond acceptors (Lipinski definition) is 1. The van der Waals surface area contributed by atoms with E-state index in [0.29, 0.717) is 12.2 Å². The number of allylic oxidation sites excluding steroid dienone is 1. The molecule has 0 heterocycles. The highest BCUT2D eigenvalue weighted by molar-refractivity contribution is 5.83. The van der Waals surface area contributed by atoms with Crippen LogP contribution in [0.25, 0.3) is 0 Å². The Labute approximate surface area is 63.1 Å². The van der Waals surface area contributed by atoms with Crippen molar-refractivity contribution in [1.82, 2.24) is 0 Å². The fourth-order valence-corrected chi connectivity index (χ4v) is 0.608. The van der Waals surface area contributed by atoms with E-state index in [4.69, 9.17) is 0 Å². The number of ketones is 1. The smallest absolute Gasteiger partial charge is 0.138 e. The van der Waals surface area contributed by atoms with Crippen LogP contribution in [0.2, 0.25) is 0 Å². The van der Waals surface area contributed by atoms with Crippen LogP contribution in [-0.4, -0.2) is 5.78 Å². The van der Waals surface area contributed by atoms with Crippen LogP contribution in [0.3, 0.4) is 0 Å². The van der Waals surface area contributed by atoms with Crippen LogP contribution < -0.4 is 0 Å². The van der Waals surface area contributed by atoms with E-state index in [1.165, 1.54) is 0 Å². The summed E-state index contributed by atoms with van der Waals surface area (Å²) < 4.78 is 0. The van der Waals surface area contributed by atoms with Gasteiger partial charge >= 0.3 is 0 Å². The topological polar surface area (TPSA) is 17.1 Å². The molecule has 0 atom stereocenters. The van der Waals surface area contributed by atoms with Gasteiger partial charge < -0.3 is 0 Å². The third-order valence-electron chi connectivity index (χ3n) is 1.41. The molecule has 0 amide bonds. The first-order valence-electron chi connectivity index (χ1n) is 3.62. The lowest BCUT2D eigenvalue weighted by Gasteiger charge is -2.15. The first-order chi connectivity index (χ1) is 4.48.